The van der Waals surface area contributed by atoms with Crippen LogP contribution in [0.4, 0.5) is 5.69 Å². The highest BCUT2D eigenvalue weighted by atomic mass is 16.3. The van der Waals surface area contributed by atoms with Gasteiger partial charge < -0.3 is 10.0 Å². The van der Waals surface area contributed by atoms with Gasteiger partial charge in [0.1, 0.15) is 0 Å². The van der Waals surface area contributed by atoms with Crippen LogP contribution in [0.3, 0.4) is 0 Å². The average molecular weight is 266 g/mol. The van der Waals surface area contributed by atoms with Gasteiger partial charge >= 0.3 is 0 Å². The van der Waals surface area contributed by atoms with Crippen molar-refractivity contribution in [1.29, 1.82) is 0 Å². The molecule has 20 heavy (non-hydrogen) atoms. The SMILES string of the molecule is CN(C)c1ccc(-c2ccc3c(n2)CCC(O)=C3)cc1. The summed E-state index contributed by atoms with van der Waals surface area (Å²) < 4.78 is 0. The van der Waals surface area contributed by atoms with Crippen molar-refractivity contribution in [2.24, 2.45) is 0 Å². The molecule has 0 amide bonds. The molecule has 3 nitrogen and oxygen atoms in total. The van der Waals surface area contributed by atoms with E-state index in [0.717, 1.165) is 28.9 Å². The second-order valence-corrected chi connectivity index (χ2v) is 5.31. The number of benzene rings is 1. The van der Waals surface area contributed by atoms with Gasteiger partial charge in [-0.1, -0.05) is 18.2 Å². The number of allylic oxidation sites excluding steroid dienone is 1. The van der Waals surface area contributed by atoms with E-state index in [0.29, 0.717) is 12.2 Å². The van der Waals surface area contributed by atoms with Crippen LogP contribution in [0.1, 0.15) is 17.7 Å². The number of aryl methyl sites for hydroxylation is 1. The summed E-state index contributed by atoms with van der Waals surface area (Å²) in [6.45, 7) is 0. The molecule has 0 radical (unpaired) electrons. The minimum atomic E-state index is 0.447. The van der Waals surface area contributed by atoms with Crippen LogP contribution >= 0.6 is 0 Å². The molecule has 2 aromatic rings. The van der Waals surface area contributed by atoms with Crippen molar-refractivity contribution in [1.82, 2.24) is 4.98 Å². The van der Waals surface area contributed by atoms with E-state index in [4.69, 9.17) is 4.98 Å². The first-order chi connectivity index (χ1) is 9.63. The van der Waals surface area contributed by atoms with Crippen LogP contribution in [0, 0.1) is 0 Å². The number of nitrogens with zero attached hydrogens (tertiary/aromatic N) is 2. The Morgan fingerprint density at radius 3 is 2.45 bits per heavy atom. The van der Waals surface area contributed by atoms with E-state index in [9.17, 15) is 5.11 Å². The predicted molar refractivity (Wildman–Crippen MR) is 82.9 cm³/mol. The molecule has 0 saturated carbocycles. The van der Waals surface area contributed by atoms with Crippen LogP contribution in [0.2, 0.25) is 0 Å². The fourth-order valence-electron chi connectivity index (χ4n) is 2.43. The molecule has 0 spiro atoms. The third kappa shape index (κ3) is 2.39. The van der Waals surface area contributed by atoms with Gasteiger partial charge in [-0.15, -0.1) is 0 Å². The number of hydrogen-bond donors (Lipinski definition) is 1. The quantitative estimate of drug-likeness (QED) is 0.901. The summed E-state index contributed by atoms with van der Waals surface area (Å²) in [5.41, 5.74) is 5.39. The number of hydrogen-bond acceptors (Lipinski definition) is 3. The lowest BCUT2D eigenvalue weighted by Gasteiger charge is -2.15. The van der Waals surface area contributed by atoms with E-state index in [2.05, 4.69) is 29.2 Å². The van der Waals surface area contributed by atoms with E-state index >= 15 is 0 Å². The molecule has 3 rings (SSSR count). The molecule has 1 heterocycles. The van der Waals surface area contributed by atoms with Crippen LogP contribution in [0.5, 0.6) is 0 Å². The van der Waals surface area contributed by atoms with Crippen LogP contribution in [0.15, 0.2) is 42.2 Å². The van der Waals surface area contributed by atoms with Gasteiger partial charge in [-0.25, -0.2) is 0 Å². The highest BCUT2D eigenvalue weighted by molar-refractivity contribution is 5.66. The van der Waals surface area contributed by atoms with Crippen LogP contribution in [0.25, 0.3) is 17.3 Å². The summed E-state index contributed by atoms with van der Waals surface area (Å²) in [7, 11) is 4.07. The maximum absolute atomic E-state index is 9.55. The molecule has 102 valence electrons. The molecule has 0 unspecified atom stereocenters. The third-order valence-electron chi connectivity index (χ3n) is 3.63. The van der Waals surface area contributed by atoms with E-state index < -0.39 is 0 Å². The first-order valence-corrected chi connectivity index (χ1v) is 6.81. The fourth-order valence-corrected chi connectivity index (χ4v) is 2.43. The Kier molecular flexibility index (Phi) is 3.18. The smallest absolute Gasteiger partial charge is 0.0933 e. The highest BCUT2D eigenvalue weighted by Crippen LogP contribution is 2.26. The van der Waals surface area contributed by atoms with Crippen molar-refractivity contribution in [2.45, 2.75) is 12.8 Å². The first-order valence-electron chi connectivity index (χ1n) is 6.81. The van der Waals surface area contributed by atoms with Gasteiger partial charge in [-0.05, 0) is 36.3 Å². The Balaban J connectivity index is 1.95. The van der Waals surface area contributed by atoms with Crippen LogP contribution < -0.4 is 4.90 Å². The van der Waals surface area contributed by atoms with Gasteiger partial charge in [0.2, 0.25) is 0 Å². The zero-order valence-electron chi connectivity index (χ0n) is 11.8. The Hall–Kier alpha value is -2.29. The summed E-state index contributed by atoms with van der Waals surface area (Å²) in [6, 6.07) is 12.4. The van der Waals surface area contributed by atoms with E-state index in [1.54, 1.807) is 0 Å². The van der Waals surface area contributed by atoms with Gasteiger partial charge in [-0.3, -0.25) is 4.98 Å². The van der Waals surface area contributed by atoms with Gasteiger partial charge in [0.05, 0.1) is 11.5 Å². The minimum Gasteiger partial charge on any atom is -0.512 e. The lowest BCUT2D eigenvalue weighted by Crippen LogP contribution is -2.08. The molecule has 0 aliphatic heterocycles. The summed E-state index contributed by atoms with van der Waals surface area (Å²) in [4.78, 5) is 6.80. The number of anilines is 1. The van der Waals surface area contributed by atoms with Gasteiger partial charge in [0, 0.05) is 37.5 Å². The Morgan fingerprint density at radius 2 is 1.75 bits per heavy atom. The van der Waals surface area contributed by atoms with Crippen molar-refractivity contribution in [3.63, 3.8) is 0 Å². The van der Waals surface area contributed by atoms with Crippen LogP contribution in [-0.4, -0.2) is 24.2 Å². The number of aromatic nitrogens is 1. The highest BCUT2D eigenvalue weighted by Gasteiger charge is 2.12. The molecule has 0 atom stereocenters. The Bertz CT molecular complexity index is 657. The topological polar surface area (TPSA) is 36.4 Å². The summed E-state index contributed by atoms with van der Waals surface area (Å²) in [5.74, 6) is 0.447. The molecule has 0 saturated heterocycles. The molecule has 1 aliphatic rings. The Labute approximate surface area is 119 Å². The molecular weight excluding hydrogens is 248 g/mol. The maximum atomic E-state index is 9.55. The average Bonchev–Trinajstić information content (AvgIpc) is 2.47. The lowest BCUT2D eigenvalue weighted by molar-refractivity contribution is 0.390. The number of aliphatic hydroxyl groups excluding tert-OH is 1. The predicted octanol–water partition coefficient (Wildman–Crippen LogP) is 3.66. The number of pyridine rings is 1. The third-order valence-corrected chi connectivity index (χ3v) is 3.63. The second-order valence-electron chi connectivity index (χ2n) is 5.31. The van der Waals surface area contributed by atoms with E-state index in [-0.39, 0.29) is 0 Å². The zero-order valence-corrected chi connectivity index (χ0v) is 11.8. The molecule has 1 aromatic carbocycles. The minimum absolute atomic E-state index is 0.447. The van der Waals surface area contributed by atoms with Crippen molar-refractivity contribution in [3.8, 4) is 11.3 Å². The molecule has 1 aliphatic carbocycles. The summed E-state index contributed by atoms with van der Waals surface area (Å²) in [6.07, 6.45) is 3.30. The lowest BCUT2D eigenvalue weighted by atomic mass is 10.00. The molecular formula is C17H18N2O. The Morgan fingerprint density at radius 1 is 1.00 bits per heavy atom. The van der Waals surface area contributed by atoms with Crippen LogP contribution in [-0.2, 0) is 6.42 Å². The van der Waals surface area contributed by atoms with Crippen molar-refractivity contribution < 1.29 is 5.11 Å². The molecule has 3 heteroatoms. The molecule has 1 aromatic heterocycles. The second kappa shape index (κ2) is 5.00. The van der Waals surface area contributed by atoms with Crippen molar-refractivity contribution in [3.05, 3.63) is 53.4 Å². The fraction of sp³-hybridized carbons (Fsp3) is 0.235. The monoisotopic (exact) mass is 266 g/mol. The van der Waals surface area contributed by atoms with Crippen molar-refractivity contribution in [2.75, 3.05) is 19.0 Å². The summed E-state index contributed by atoms with van der Waals surface area (Å²) in [5, 5.41) is 9.55. The normalized spacial score (nSPS) is 13.6. The summed E-state index contributed by atoms with van der Waals surface area (Å²) >= 11 is 0. The van der Waals surface area contributed by atoms with Crippen molar-refractivity contribution >= 4 is 11.8 Å². The first kappa shape index (κ1) is 12.7. The number of fused-ring (bicyclic) bond motifs is 1. The van der Waals surface area contributed by atoms with E-state index in [1.807, 2.05) is 32.3 Å². The number of aliphatic hydroxyl groups is 1. The van der Waals surface area contributed by atoms with Gasteiger partial charge in [0.25, 0.3) is 0 Å². The van der Waals surface area contributed by atoms with Gasteiger partial charge in [-0.2, -0.15) is 0 Å². The standard InChI is InChI=1S/C17H18N2O/c1-19(2)14-6-3-12(4-7-14)16-9-5-13-11-15(20)8-10-17(13)18-16/h3-7,9,11,20H,8,10H2,1-2H3. The molecule has 0 bridgehead atoms. The maximum Gasteiger partial charge on any atom is 0.0933 e. The zero-order chi connectivity index (χ0) is 14.1. The van der Waals surface area contributed by atoms with E-state index in [1.165, 1.54) is 5.69 Å². The largest absolute Gasteiger partial charge is 0.512 e. The molecule has 1 N–H and O–H groups in total. The number of rotatable bonds is 2. The van der Waals surface area contributed by atoms with Gasteiger partial charge in [0.15, 0.2) is 0 Å². The molecule has 0 fully saturated rings.